The van der Waals surface area contributed by atoms with E-state index in [2.05, 4.69) is 21.2 Å². The Morgan fingerprint density at radius 3 is 2.94 bits per heavy atom. The number of phenols is 1. The van der Waals surface area contributed by atoms with Crippen LogP contribution in [0.15, 0.2) is 10.5 Å². The summed E-state index contributed by atoms with van der Waals surface area (Å²) in [6.07, 6.45) is 4.21. The highest BCUT2D eigenvalue weighted by Gasteiger charge is 2.21. The molecule has 2 rings (SSSR count). The second kappa shape index (κ2) is 5.89. The van der Waals surface area contributed by atoms with Crippen LogP contribution in [-0.2, 0) is 6.42 Å². The average Bonchev–Trinajstić information content (AvgIpc) is 2.37. The van der Waals surface area contributed by atoms with Gasteiger partial charge in [0.25, 0.3) is 0 Å². The van der Waals surface area contributed by atoms with Crippen molar-refractivity contribution in [2.45, 2.75) is 31.7 Å². The minimum atomic E-state index is -0.668. The molecule has 100 valence electrons. The second-order valence-electron chi connectivity index (χ2n) is 4.55. The van der Waals surface area contributed by atoms with Crippen LogP contribution in [0, 0.1) is 5.82 Å². The van der Waals surface area contributed by atoms with Gasteiger partial charge in [-0.05, 0) is 31.9 Å². The molecule has 0 spiro atoms. The first-order valence-corrected chi connectivity index (χ1v) is 6.90. The van der Waals surface area contributed by atoms with Gasteiger partial charge < -0.3 is 15.2 Å². The molecular formula is C13H17BrFNO2. The van der Waals surface area contributed by atoms with Gasteiger partial charge in [-0.25, -0.2) is 4.39 Å². The van der Waals surface area contributed by atoms with Crippen molar-refractivity contribution in [3.05, 3.63) is 21.9 Å². The lowest BCUT2D eigenvalue weighted by Crippen LogP contribution is -2.35. The van der Waals surface area contributed by atoms with E-state index < -0.39 is 11.6 Å². The van der Waals surface area contributed by atoms with Crippen LogP contribution in [0.2, 0.25) is 0 Å². The van der Waals surface area contributed by atoms with Crippen molar-refractivity contribution in [3.8, 4) is 11.5 Å². The molecule has 0 amide bonds. The van der Waals surface area contributed by atoms with Gasteiger partial charge in [0, 0.05) is 16.1 Å². The largest absolute Gasteiger partial charge is 0.502 e. The lowest BCUT2D eigenvalue weighted by molar-refractivity contribution is 0.345. The van der Waals surface area contributed by atoms with Gasteiger partial charge >= 0.3 is 0 Å². The highest BCUT2D eigenvalue weighted by atomic mass is 79.9. The van der Waals surface area contributed by atoms with Crippen molar-refractivity contribution in [1.82, 2.24) is 5.32 Å². The van der Waals surface area contributed by atoms with E-state index >= 15 is 0 Å². The molecule has 1 saturated heterocycles. The van der Waals surface area contributed by atoms with Crippen LogP contribution in [0.1, 0.15) is 24.8 Å². The first kappa shape index (κ1) is 13.6. The van der Waals surface area contributed by atoms with E-state index in [0.717, 1.165) is 24.9 Å². The lowest BCUT2D eigenvalue weighted by atomic mass is 9.97. The summed E-state index contributed by atoms with van der Waals surface area (Å²) < 4.78 is 19.2. The van der Waals surface area contributed by atoms with Crippen molar-refractivity contribution >= 4 is 15.9 Å². The van der Waals surface area contributed by atoms with Gasteiger partial charge in [-0.3, -0.25) is 0 Å². The molecule has 1 aromatic carbocycles. The fraction of sp³-hybridized carbons (Fsp3) is 0.538. The third-order valence-electron chi connectivity index (χ3n) is 3.32. The zero-order valence-electron chi connectivity index (χ0n) is 10.3. The molecule has 1 fully saturated rings. The summed E-state index contributed by atoms with van der Waals surface area (Å²) in [5, 5.41) is 13.1. The minimum absolute atomic E-state index is 0.231. The van der Waals surface area contributed by atoms with Crippen LogP contribution in [0.25, 0.3) is 0 Å². The van der Waals surface area contributed by atoms with E-state index in [0.29, 0.717) is 10.5 Å². The average molecular weight is 318 g/mol. The molecule has 0 aliphatic carbocycles. The van der Waals surface area contributed by atoms with E-state index in [9.17, 15) is 9.50 Å². The Morgan fingerprint density at radius 1 is 1.56 bits per heavy atom. The Balaban J connectivity index is 2.28. The molecule has 18 heavy (non-hydrogen) atoms. The zero-order valence-corrected chi connectivity index (χ0v) is 11.9. The molecule has 5 heteroatoms. The Hall–Kier alpha value is -0.810. The van der Waals surface area contributed by atoms with Crippen LogP contribution in [0.4, 0.5) is 4.39 Å². The predicted octanol–water partition coefficient (Wildman–Crippen LogP) is 2.99. The normalized spacial score (nSPS) is 19.8. The van der Waals surface area contributed by atoms with Crippen molar-refractivity contribution in [2.75, 3.05) is 13.7 Å². The van der Waals surface area contributed by atoms with E-state index in [1.807, 2.05) is 0 Å². The monoisotopic (exact) mass is 317 g/mol. The van der Waals surface area contributed by atoms with Crippen LogP contribution in [0.3, 0.4) is 0 Å². The summed E-state index contributed by atoms with van der Waals surface area (Å²) in [5.74, 6) is -0.847. The van der Waals surface area contributed by atoms with Crippen LogP contribution < -0.4 is 10.1 Å². The van der Waals surface area contributed by atoms with Gasteiger partial charge in [-0.2, -0.15) is 0 Å². The molecule has 0 aromatic heterocycles. The maximum absolute atomic E-state index is 13.4. The molecule has 1 aliphatic rings. The van der Waals surface area contributed by atoms with Gasteiger partial charge in [-0.15, -0.1) is 0 Å². The van der Waals surface area contributed by atoms with E-state index in [1.54, 1.807) is 0 Å². The van der Waals surface area contributed by atoms with E-state index in [-0.39, 0.29) is 5.75 Å². The highest BCUT2D eigenvalue weighted by Crippen LogP contribution is 2.38. The Kier molecular flexibility index (Phi) is 4.45. The number of benzene rings is 1. The van der Waals surface area contributed by atoms with Crippen LogP contribution in [-0.4, -0.2) is 24.8 Å². The number of nitrogens with one attached hydrogen (secondary N) is 1. The fourth-order valence-corrected chi connectivity index (χ4v) is 2.92. The molecule has 0 saturated carbocycles. The van der Waals surface area contributed by atoms with Crippen molar-refractivity contribution in [2.24, 2.45) is 0 Å². The number of piperidine rings is 1. The summed E-state index contributed by atoms with van der Waals surface area (Å²) in [7, 11) is 1.44. The maximum atomic E-state index is 13.4. The Labute approximate surface area is 114 Å². The van der Waals surface area contributed by atoms with Gasteiger partial charge in [0.15, 0.2) is 17.3 Å². The SMILES string of the molecule is COc1c(O)c(F)cc(Br)c1CC1CCCCN1. The Morgan fingerprint density at radius 2 is 2.33 bits per heavy atom. The summed E-state index contributed by atoms with van der Waals surface area (Å²) in [6, 6.07) is 1.64. The van der Waals surface area contributed by atoms with Gasteiger partial charge in [0.2, 0.25) is 0 Å². The standard InChI is InChI=1S/C13H17BrFNO2/c1-18-13-9(6-8-4-2-3-5-16-8)10(14)7-11(15)12(13)17/h7-8,16-17H,2-6H2,1H3. The minimum Gasteiger partial charge on any atom is -0.502 e. The van der Waals surface area contributed by atoms with Crippen molar-refractivity contribution < 1.29 is 14.2 Å². The lowest BCUT2D eigenvalue weighted by Gasteiger charge is -2.25. The van der Waals surface area contributed by atoms with E-state index in [1.165, 1.54) is 26.0 Å². The number of hydrogen-bond donors (Lipinski definition) is 2. The summed E-state index contributed by atoms with van der Waals surface area (Å²) in [6.45, 7) is 1.01. The smallest absolute Gasteiger partial charge is 0.194 e. The fourth-order valence-electron chi connectivity index (χ4n) is 2.38. The Bertz CT molecular complexity index is 433. The van der Waals surface area contributed by atoms with Crippen molar-refractivity contribution in [3.63, 3.8) is 0 Å². The molecule has 1 aromatic rings. The first-order chi connectivity index (χ1) is 8.63. The number of hydrogen-bond acceptors (Lipinski definition) is 3. The summed E-state index contributed by atoms with van der Waals surface area (Å²) in [5.41, 5.74) is 0.816. The highest BCUT2D eigenvalue weighted by molar-refractivity contribution is 9.10. The summed E-state index contributed by atoms with van der Waals surface area (Å²) in [4.78, 5) is 0. The third kappa shape index (κ3) is 2.78. The van der Waals surface area contributed by atoms with Crippen LogP contribution in [0.5, 0.6) is 11.5 Å². The number of phenolic OH excluding ortho intramolecular Hbond substituents is 1. The van der Waals surface area contributed by atoms with Gasteiger partial charge in [0.05, 0.1) is 7.11 Å². The molecule has 3 nitrogen and oxygen atoms in total. The number of halogens is 2. The topological polar surface area (TPSA) is 41.5 Å². The van der Waals surface area contributed by atoms with Gasteiger partial charge in [-0.1, -0.05) is 22.4 Å². The number of rotatable bonds is 3. The molecule has 2 N–H and O–H groups in total. The molecule has 1 atom stereocenters. The second-order valence-corrected chi connectivity index (χ2v) is 5.41. The van der Waals surface area contributed by atoms with E-state index in [4.69, 9.17) is 4.74 Å². The number of aromatic hydroxyl groups is 1. The quantitative estimate of drug-likeness (QED) is 0.900. The predicted molar refractivity (Wildman–Crippen MR) is 71.7 cm³/mol. The number of ether oxygens (including phenoxy) is 1. The van der Waals surface area contributed by atoms with Gasteiger partial charge in [0.1, 0.15) is 0 Å². The molecule has 0 radical (unpaired) electrons. The third-order valence-corrected chi connectivity index (χ3v) is 4.03. The number of methoxy groups -OCH3 is 1. The molecule has 1 unspecified atom stereocenters. The molecule has 1 aliphatic heterocycles. The van der Waals surface area contributed by atoms with Crippen molar-refractivity contribution in [1.29, 1.82) is 0 Å². The summed E-state index contributed by atoms with van der Waals surface area (Å²) >= 11 is 3.34. The maximum Gasteiger partial charge on any atom is 0.194 e. The molecule has 1 heterocycles. The molecule has 0 bridgehead atoms. The first-order valence-electron chi connectivity index (χ1n) is 6.10. The van der Waals surface area contributed by atoms with Crippen LogP contribution >= 0.6 is 15.9 Å². The zero-order chi connectivity index (χ0) is 13.1. The molecular weight excluding hydrogens is 301 g/mol.